The lowest BCUT2D eigenvalue weighted by molar-refractivity contribution is -0.142. The molecule has 69 heavy (non-hydrogen) atoms. The predicted octanol–water partition coefficient (Wildman–Crippen LogP) is -2.50. The number of ether oxygens (including phenoxy) is 1. The Balaban J connectivity index is 2.07. The van der Waals surface area contributed by atoms with Crippen LogP contribution in [0.15, 0.2) is 24.3 Å². The molecule has 2 aliphatic heterocycles. The average Bonchev–Trinajstić information content (AvgIpc) is 3.81. The van der Waals surface area contributed by atoms with Gasteiger partial charge in [0.15, 0.2) is 0 Å². The van der Waals surface area contributed by atoms with Crippen LogP contribution in [0.2, 0.25) is 0 Å². The lowest BCUT2D eigenvalue weighted by atomic mass is 9.96. The van der Waals surface area contributed by atoms with Crippen molar-refractivity contribution >= 4 is 76.7 Å². The minimum atomic E-state index is -2.59. The van der Waals surface area contributed by atoms with Crippen LogP contribution in [-0.4, -0.2) is 144 Å². The summed E-state index contributed by atoms with van der Waals surface area (Å²) >= 11 is 1.11. The van der Waals surface area contributed by atoms with Crippen molar-refractivity contribution in [1.82, 2.24) is 42.1 Å². The SMILES string of the molecule is [2H]C([2H])(c1ccc(OC)cc1)[C@@H]1NC(=O)CCCSCC(C(=O)N2CCCC2C(=O)NC(CC(C)C)C(=O)NCC(N)=O)NC(=O)C(CC(N)=O)NC(=O)C(CCC(N)=O)NC(=O)C(C(C)CC)NC1=O. The van der Waals surface area contributed by atoms with Crippen molar-refractivity contribution in [3.63, 3.8) is 0 Å². The first-order valence-corrected chi connectivity index (χ1v) is 24.0. The molecule has 24 heteroatoms. The van der Waals surface area contributed by atoms with Gasteiger partial charge in [-0.15, -0.1) is 0 Å². The van der Waals surface area contributed by atoms with Crippen molar-refractivity contribution in [2.75, 3.05) is 31.7 Å². The molecule has 1 aromatic rings. The first-order chi connectivity index (χ1) is 33.4. The minimum absolute atomic E-state index is 0.0152. The number of carbonyl (C=O) groups excluding carboxylic acids is 11. The van der Waals surface area contributed by atoms with E-state index in [9.17, 15) is 52.7 Å². The van der Waals surface area contributed by atoms with E-state index in [1.54, 1.807) is 13.8 Å². The molecule has 0 aliphatic carbocycles. The Kier molecular flexibility index (Phi) is 21.8. The lowest BCUT2D eigenvalue weighted by Gasteiger charge is -2.31. The second-order valence-corrected chi connectivity index (χ2v) is 18.5. The number of hydrogen-bond donors (Lipinski definition) is 10. The zero-order chi connectivity index (χ0) is 53.2. The molecule has 3 rings (SSSR count). The number of methoxy groups -OCH3 is 1. The van der Waals surface area contributed by atoms with E-state index in [-0.39, 0.29) is 61.6 Å². The molecule has 2 saturated heterocycles. The molecule has 0 bridgehead atoms. The number of thioether (sulfide) groups is 1. The minimum Gasteiger partial charge on any atom is -0.497 e. The van der Waals surface area contributed by atoms with E-state index in [2.05, 4.69) is 37.2 Å². The van der Waals surface area contributed by atoms with Gasteiger partial charge in [-0.25, -0.2) is 0 Å². The summed E-state index contributed by atoms with van der Waals surface area (Å²) < 4.78 is 23.4. The fraction of sp³-hybridized carbons (Fsp3) is 0.622. The maximum atomic E-state index is 14.5. The van der Waals surface area contributed by atoms with Gasteiger partial charge in [0.2, 0.25) is 65.0 Å². The van der Waals surface area contributed by atoms with Crippen molar-refractivity contribution in [2.24, 2.45) is 29.0 Å². The summed E-state index contributed by atoms with van der Waals surface area (Å²) in [5.74, 6) is -10.2. The van der Waals surface area contributed by atoms with Crippen LogP contribution < -0.4 is 59.2 Å². The number of amides is 11. The fourth-order valence-corrected chi connectivity index (χ4v) is 8.42. The number of nitrogens with two attached hydrogens (primary N) is 3. The molecular weight excluding hydrogens is 919 g/mol. The number of nitrogens with one attached hydrogen (secondary N) is 7. The number of benzene rings is 1. The van der Waals surface area contributed by atoms with Crippen molar-refractivity contribution in [3.05, 3.63) is 29.8 Å². The van der Waals surface area contributed by atoms with Crippen LogP contribution in [0, 0.1) is 11.8 Å². The highest BCUT2D eigenvalue weighted by atomic mass is 32.2. The van der Waals surface area contributed by atoms with Gasteiger partial charge in [-0.05, 0) is 67.4 Å². The fourth-order valence-electron chi connectivity index (χ4n) is 7.45. The van der Waals surface area contributed by atoms with E-state index in [1.807, 2.05) is 13.8 Å². The highest BCUT2D eigenvalue weighted by molar-refractivity contribution is 7.99. The van der Waals surface area contributed by atoms with Crippen LogP contribution >= 0.6 is 11.8 Å². The third kappa shape index (κ3) is 18.9. The number of nitrogens with zero attached hydrogens (tertiary/aromatic N) is 1. The second kappa shape index (κ2) is 28.1. The predicted molar refractivity (Wildman–Crippen MR) is 253 cm³/mol. The summed E-state index contributed by atoms with van der Waals surface area (Å²) in [5, 5.41) is 17.5. The smallest absolute Gasteiger partial charge is 0.246 e. The van der Waals surface area contributed by atoms with Gasteiger partial charge >= 0.3 is 0 Å². The Bertz CT molecular complexity index is 2120. The first kappa shape index (κ1) is 53.5. The van der Waals surface area contributed by atoms with Crippen LogP contribution in [0.25, 0.3) is 0 Å². The average molecular weight is 990 g/mol. The van der Waals surface area contributed by atoms with E-state index in [4.69, 9.17) is 24.7 Å². The number of primary amides is 3. The second-order valence-electron chi connectivity index (χ2n) is 17.3. The van der Waals surface area contributed by atoms with Crippen molar-refractivity contribution < 1.29 is 60.2 Å². The molecule has 2 fully saturated rings. The Morgan fingerprint density at radius 3 is 2.10 bits per heavy atom. The summed E-state index contributed by atoms with van der Waals surface area (Å²) in [6.45, 7) is 6.51. The molecular formula is C45H69N11O12S. The molecule has 7 unspecified atom stereocenters. The Morgan fingerprint density at radius 1 is 0.841 bits per heavy atom. The van der Waals surface area contributed by atoms with E-state index >= 15 is 0 Å². The van der Waals surface area contributed by atoms with Gasteiger partial charge < -0.3 is 64.1 Å². The van der Waals surface area contributed by atoms with Crippen molar-refractivity contribution in [2.45, 2.75) is 134 Å². The van der Waals surface area contributed by atoms with Crippen LogP contribution in [-0.2, 0) is 59.1 Å². The van der Waals surface area contributed by atoms with Crippen LogP contribution in [0.4, 0.5) is 0 Å². The molecule has 0 radical (unpaired) electrons. The molecule has 0 aromatic heterocycles. The normalized spacial score (nSPS) is 23.8. The molecule has 0 spiro atoms. The number of hydrogen-bond acceptors (Lipinski definition) is 13. The molecule has 382 valence electrons. The highest BCUT2D eigenvalue weighted by Gasteiger charge is 2.40. The van der Waals surface area contributed by atoms with E-state index in [0.29, 0.717) is 12.2 Å². The summed E-state index contributed by atoms with van der Waals surface area (Å²) in [6, 6.07) is -4.74. The van der Waals surface area contributed by atoms with Gasteiger partial charge in [-0.3, -0.25) is 52.7 Å². The zero-order valence-corrected chi connectivity index (χ0v) is 40.5. The van der Waals surface area contributed by atoms with E-state index < -0.39 is 145 Å². The highest BCUT2D eigenvalue weighted by Crippen LogP contribution is 2.22. The third-order valence-electron chi connectivity index (χ3n) is 11.3. The zero-order valence-electron chi connectivity index (χ0n) is 41.7. The number of rotatable bonds is 18. The Morgan fingerprint density at radius 2 is 1.49 bits per heavy atom. The summed E-state index contributed by atoms with van der Waals surface area (Å²) in [5.41, 5.74) is 16.1. The van der Waals surface area contributed by atoms with E-state index in [1.165, 1.54) is 36.3 Å². The number of likely N-dealkylation sites (tertiary alicyclic amines) is 1. The summed E-state index contributed by atoms with van der Waals surface area (Å²) in [7, 11) is 1.41. The van der Waals surface area contributed by atoms with Gasteiger partial charge in [0.05, 0.1) is 20.1 Å². The number of carbonyl (C=O) groups is 11. The molecule has 13 N–H and O–H groups in total. The Labute approximate surface area is 408 Å². The maximum Gasteiger partial charge on any atom is 0.246 e. The standard InChI is InChI=1S/C45H69N11O12S/c1-6-25(4)38-44(66)51-28(15-16-34(46)57)40(62)52-31(21-35(47)58)41(63)54-32(23-69-18-8-10-37(60)50-30(42(64)55-38)20-26-11-13-27(68-5)14-12-26)45(67)56-17-7-9-33(56)43(65)53-29(19-24(2)3)39(61)49-22-36(48)59/h11-14,24-25,28-33,38H,6-10,15-23H2,1-5H3,(H2,46,57)(H2,47,58)(H2,48,59)(H,49,61)(H,50,60)(H,51,66)(H,52,62)(H,53,65)(H,54,63)(H,55,64)/t25?,28?,29?,30-,31?,32?,33?,38?/m0/s1/i20D2. The lowest BCUT2D eigenvalue weighted by Crippen LogP contribution is -2.61. The van der Waals surface area contributed by atoms with Gasteiger partial charge in [-0.2, -0.15) is 11.8 Å². The van der Waals surface area contributed by atoms with Gasteiger partial charge in [0.1, 0.15) is 48.0 Å². The van der Waals surface area contributed by atoms with Crippen molar-refractivity contribution in [1.29, 1.82) is 0 Å². The van der Waals surface area contributed by atoms with Crippen LogP contribution in [0.5, 0.6) is 5.75 Å². The summed E-state index contributed by atoms with van der Waals surface area (Å²) in [4.78, 5) is 148. The molecule has 0 saturated carbocycles. The topological polar surface area (TPSA) is 363 Å². The largest absolute Gasteiger partial charge is 0.497 e. The first-order valence-electron chi connectivity index (χ1n) is 23.9. The van der Waals surface area contributed by atoms with Crippen LogP contribution in [0.3, 0.4) is 0 Å². The summed E-state index contributed by atoms with van der Waals surface area (Å²) in [6.07, 6.45) is -3.45. The third-order valence-corrected chi connectivity index (χ3v) is 12.5. The molecule has 23 nitrogen and oxygen atoms in total. The van der Waals surface area contributed by atoms with Gasteiger partial charge in [-0.1, -0.05) is 46.2 Å². The van der Waals surface area contributed by atoms with E-state index in [0.717, 1.165) is 11.8 Å². The molecule has 8 atom stereocenters. The Hall–Kier alpha value is -6.46. The molecule has 11 amide bonds. The van der Waals surface area contributed by atoms with Gasteiger partial charge in [0, 0.05) is 34.3 Å². The van der Waals surface area contributed by atoms with Crippen LogP contribution in [0.1, 0.15) is 93.8 Å². The van der Waals surface area contributed by atoms with Crippen molar-refractivity contribution in [3.8, 4) is 5.75 Å². The molecule has 1 aromatic carbocycles. The monoisotopic (exact) mass is 989 g/mol. The molecule has 2 heterocycles. The molecule has 2 aliphatic rings. The maximum absolute atomic E-state index is 14.5. The van der Waals surface area contributed by atoms with Gasteiger partial charge in [0.25, 0.3) is 0 Å². The quantitative estimate of drug-likeness (QED) is 0.0728.